The van der Waals surface area contributed by atoms with Crippen LogP contribution in [0.15, 0.2) is 53.0 Å². The first-order chi connectivity index (χ1) is 11.5. The fraction of sp³-hybridized carbons (Fsp3) is 0.278. The molecular formula is C18H20BrNO4. The molecule has 0 aliphatic rings. The summed E-state index contributed by atoms with van der Waals surface area (Å²) in [4.78, 5) is 11.7. The highest BCUT2D eigenvalue weighted by atomic mass is 79.9. The third-order valence-electron chi connectivity index (χ3n) is 3.66. The van der Waals surface area contributed by atoms with Gasteiger partial charge in [0.2, 0.25) is 0 Å². The number of benzene rings is 2. The third-order valence-corrected chi connectivity index (χ3v) is 4.52. The van der Waals surface area contributed by atoms with E-state index in [9.17, 15) is 15.0 Å². The maximum absolute atomic E-state index is 11.7. The van der Waals surface area contributed by atoms with Crippen molar-refractivity contribution in [3.63, 3.8) is 0 Å². The van der Waals surface area contributed by atoms with Crippen LogP contribution in [0.4, 0.5) is 4.79 Å². The molecule has 2 atom stereocenters. The lowest BCUT2D eigenvalue weighted by Gasteiger charge is -2.20. The standard InChI is InChI=1S/C18H20BrNO4/c1-12-14(8-5-9-15(12)19)17(22)16(21)10-20-18(23)24-11-13-6-3-2-4-7-13/h2-9,16-17,21-22H,10-11H2,1H3,(H,20,23). The van der Waals surface area contributed by atoms with Crippen molar-refractivity contribution in [2.45, 2.75) is 25.7 Å². The number of alkyl carbamates (subject to hydrolysis) is 1. The Labute approximate surface area is 149 Å². The van der Waals surface area contributed by atoms with E-state index in [1.807, 2.05) is 43.3 Å². The molecule has 2 unspecified atom stereocenters. The van der Waals surface area contributed by atoms with Gasteiger partial charge in [-0.1, -0.05) is 58.4 Å². The van der Waals surface area contributed by atoms with Crippen molar-refractivity contribution in [1.29, 1.82) is 0 Å². The van der Waals surface area contributed by atoms with Crippen LogP contribution >= 0.6 is 15.9 Å². The molecule has 2 rings (SSSR count). The average Bonchev–Trinajstić information content (AvgIpc) is 2.60. The molecule has 0 spiro atoms. The number of hydrogen-bond donors (Lipinski definition) is 3. The lowest BCUT2D eigenvalue weighted by atomic mass is 9.99. The van der Waals surface area contributed by atoms with Crippen molar-refractivity contribution in [3.05, 3.63) is 69.7 Å². The maximum atomic E-state index is 11.7. The van der Waals surface area contributed by atoms with Gasteiger partial charge in [0, 0.05) is 11.0 Å². The lowest BCUT2D eigenvalue weighted by Crippen LogP contribution is -2.36. The first kappa shape index (κ1) is 18.4. The molecule has 0 heterocycles. The van der Waals surface area contributed by atoms with Crippen LogP contribution in [0.25, 0.3) is 0 Å². The number of amides is 1. The van der Waals surface area contributed by atoms with Crippen LogP contribution in [0.1, 0.15) is 22.8 Å². The second kappa shape index (κ2) is 8.82. The first-order valence-electron chi connectivity index (χ1n) is 7.54. The Hall–Kier alpha value is -1.89. The lowest BCUT2D eigenvalue weighted by molar-refractivity contribution is 0.0180. The zero-order valence-electron chi connectivity index (χ0n) is 13.3. The second-order valence-corrected chi connectivity index (χ2v) is 6.26. The van der Waals surface area contributed by atoms with Gasteiger partial charge in [-0.05, 0) is 29.7 Å². The van der Waals surface area contributed by atoms with Gasteiger partial charge in [-0.25, -0.2) is 4.79 Å². The van der Waals surface area contributed by atoms with Gasteiger partial charge in [0.25, 0.3) is 0 Å². The van der Waals surface area contributed by atoms with Crippen molar-refractivity contribution in [2.75, 3.05) is 6.54 Å². The molecule has 2 aromatic rings. The summed E-state index contributed by atoms with van der Waals surface area (Å²) in [5.74, 6) is 0. The summed E-state index contributed by atoms with van der Waals surface area (Å²) >= 11 is 3.39. The van der Waals surface area contributed by atoms with Gasteiger partial charge < -0.3 is 20.3 Å². The van der Waals surface area contributed by atoms with E-state index in [1.54, 1.807) is 12.1 Å². The minimum absolute atomic E-state index is 0.110. The monoisotopic (exact) mass is 393 g/mol. The van der Waals surface area contributed by atoms with Crippen LogP contribution in [0.3, 0.4) is 0 Å². The minimum atomic E-state index is -1.14. The predicted octanol–water partition coefficient (Wildman–Crippen LogP) is 3.08. The van der Waals surface area contributed by atoms with Crippen LogP contribution in [-0.2, 0) is 11.3 Å². The molecule has 24 heavy (non-hydrogen) atoms. The molecule has 0 radical (unpaired) electrons. The van der Waals surface area contributed by atoms with Gasteiger partial charge in [-0.15, -0.1) is 0 Å². The topological polar surface area (TPSA) is 78.8 Å². The van der Waals surface area contributed by atoms with Gasteiger partial charge in [0.15, 0.2) is 0 Å². The van der Waals surface area contributed by atoms with Crippen molar-refractivity contribution in [2.24, 2.45) is 0 Å². The van der Waals surface area contributed by atoms with E-state index < -0.39 is 18.3 Å². The normalized spacial score (nSPS) is 13.2. The highest BCUT2D eigenvalue weighted by molar-refractivity contribution is 9.10. The van der Waals surface area contributed by atoms with E-state index in [4.69, 9.17) is 4.74 Å². The van der Waals surface area contributed by atoms with Crippen LogP contribution in [0, 0.1) is 6.92 Å². The molecule has 2 aromatic carbocycles. The van der Waals surface area contributed by atoms with Gasteiger partial charge in [-0.2, -0.15) is 0 Å². The number of ether oxygens (including phenoxy) is 1. The summed E-state index contributed by atoms with van der Waals surface area (Å²) in [7, 11) is 0. The Morgan fingerprint density at radius 3 is 2.58 bits per heavy atom. The number of rotatable bonds is 6. The number of aliphatic hydroxyl groups excluding tert-OH is 2. The molecule has 3 N–H and O–H groups in total. The highest BCUT2D eigenvalue weighted by Crippen LogP contribution is 2.26. The van der Waals surface area contributed by atoms with Crippen molar-refractivity contribution in [3.8, 4) is 0 Å². The van der Waals surface area contributed by atoms with E-state index in [1.165, 1.54) is 0 Å². The number of carbonyl (C=O) groups excluding carboxylic acids is 1. The van der Waals surface area contributed by atoms with E-state index >= 15 is 0 Å². The van der Waals surface area contributed by atoms with Gasteiger partial charge in [-0.3, -0.25) is 0 Å². The zero-order chi connectivity index (χ0) is 17.5. The Bertz CT molecular complexity index is 678. The molecule has 5 nitrogen and oxygen atoms in total. The Morgan fingerprint density at radius 1 is 1.17 bits per heavy atom. The van der Waals surface area contributed by atoms with Gasteiger partial charge >= 0.3 is 6.09 Å². The van der Waals surface area contributed by atoms with Crippen molar-refractivity contribution in [1.82, 2.24) is 5.32 Å². The van der Waals surface area contributed by atoms with Crippen LogP contribution in [0.2, 0.25) is 0 Å². The predicted molar refractivity (Wildman–Crippen MR) is 94.5 cm³/mol. The summed E-state index contributed by atoms with van der Waals surface area (Å²) in [6.45, 7) is 1.88. The molecular weight excluding hydrogens is 374 g/mol. The smallest absolute Gasteiger partial charge is 0.407 e. The zero-order valence-corrected chi connectivity index (χ0v) is 14.9. The summed E-state index contributed by atoms with van der Waals surface area (Å²) in [6.07, 6.45) is -2.88. The quantitative estimate of drug-likeness (QED) is 0.704. The number of hydrogen-bond acceptors (Lipinski definition) is 4. The molecule has 0 bridgehead atoms. The van der Waals surface area contributed by atoms with Crippen LogP contribution in [-0.4, -0.2) is 29.0 Å². The minimum Gasteiger partial charge on any atom is -0.445 e. The summed E-state index contributed by atoms with van der Waals surface area (Å²) < 4.78 is 5.91. The maximum Gasteiger partial charge on any atom is 0.407 e. The number of halogens is 1. The average molecular weight is 394 g/mol. The highest BCUT2D eigenvalue weighted by Gasteiger charge is 2.21. The largest absolute Gasteiger partial charge is 0.445 e. The Balaban J connectivity index is 1.82. The fourth-order valence-corrected chi connectivity index (χ4v) is 2.61. The van der Waals surface area contributed by atoms with E-state index in [-0.39, 0.29) is 13.2 Å². The number of aliphatic hydroxyl groups is 2. The number of nitrogens with one attached hydrogen (secondary N) is 1. The molecule has 128 valence electrons. The van der Waals surface area contributed by atoms with Crippen LogP contribution < -0.4 is 5.32 Å². The fourth-order valence-electron chi connectivity index (χ4n) is 2.23. The summed E-state index contributed by atoms with van der Waals surface area (Å²) in [5.41, 5.74) is 2.32. The Morgan fingerprint density at radius 2 is 1.88 bits per heavy atom. The van der Waals surface area contributed by atoms with Gasteiger partial charge in [0.05, 0.1) is 0 Å². The molecule has 0 saturated heterocycles. The molecule has 0 aliphatic heterocycles. The molecule has 0 aromatic heterocycles. The van der Waals surface area contributed by atoms with Crippen molar-refractivity contribution >= 4 is 22.0 Å². The first-order valence-corrected chi connectivity index (χ1v) is 8.34. The molecule has 0 fully saturated rings. The molecule has 6 heteroatoms. The summed E-state index contributed by atoms with van der Waals surface area (Å²) in [6, 6.07) is 14.7. The Kier molecular flexibility index (Phi) is 6.78. The van der Waals surface area contributed by atoms with Crippen LogP contribution in [0.5, 0.6) is 0 Å². The second-order valence-electron chi connectivity index (χ2n) is 5.41. The molecule has 0 saturated carbocycles. The molecule has 1 amide bonds. The molecule has 0 aliphatic carbocycles. The summed E-state index contributed by atoms with van der Waals surface area (Å²) in [5, 5.41) is 22.8. The van der Waals surface area contributed by atoms with E-state index in [0.717, 1.165) is 15.6 Å². The van der Waals surface area contributed by atoms with E-state index in [0.29, 0.717) is 5.56 Å². The SMILES string of the molecule is Cc1c(Br)cccc1C(O)C(O)CNC(=O)OCc1ccccc1. The van der Waals surface area contributed by atoms with Gasteiger partial charge in [0.1, 0.15) is 18.8 Å². The number of carbonyl (C=O) groups is 1. The van der Waals surface area contributed by atoms with Crippen molar-refractivity contribution < 1.29 is 19.7 Å². The van der Waals surface area contributed by atoms with E-state index in [2.05, 4.69) is 21.2 Å². The third kappa shape index (κ3) is 5.06.